The SMILES string of the molecule is Cc1c(C(=O)NCc2ccnc(Oc3ccc(F)cc3)c2)sc2nc3n(c(=O)c12)CCCCC3. The van der Waals surface area contributed by atoms with Crippen molar-refractivity contribution in [2.45, 2.75) is 45.7 Å². The molecule has 174 valence electrons. The molecular weight excluding hydrogens is 455 g/mol. The third-order valence-corrected chi connectivity index (χ3v) is 7.09. The number of amides is 1. The third-order valence-electron chi connectivity index (χ3n) is 5.91. The first-order valence-corrected chi connectivity index (χ1v) is 12.0. The molecule has 34 heavy (non-hydrogen) atoms. The zero-order chi connectivity index (χ0) is 23.7. The smallest absolute Gasteiger partial charge is 0.262 e. The number of rotatable bonds is 5. The molecule has 0 aliphatic carbocycles. The molecule has 1 aliphatic rings. The molecular formula is C25H23FN4O3S. The van der Waals surface area contributed by atoms with Gasteiger partial charge in [0.15, 0.2) is 0 Å². The van der Waals surface area contributed by atoms with Gasteiger partial charge in [-0.15, -0.1) is 11.3 Å². The van der Waals surface area contributed by atoms with Crippen molar-refractivity contribution in [3.63, 3.8) is 0 Å². The van der Waals surface area contributed by atoms with Crippen molar-refractivity contribution in [3.05, 3.63) is 80.6 Å². The van der Waals surface area contributed by atoms with Crippen LogP contribution in [0.3, 0.4) is 0 Å². The van der Waals surface area contributed by atoms with E-state index in [0.717, 1.165) is 37.1 Å². The molecule has 4 aromatic rings. The Bertz CT molecular complexity index is 1430. The van der Waals surface area contributed by atoms with Gasteiger partial charge in [-0.1, -0.05) is 6.42 Å². The predicted octanol–water partition coefficient (Wildman–Crippen LogP) is 4.75. The largest absolute Gasteiger partial charge is 0.439 e. The summed E-state index contributed by atoms with van der Waals surface area (Å²) < 4.78 is 20.5. The van der Waals surface area contributed by atoms with Crippen LogP contribution in [0.2, 0.25) is 0 Å². The zero-order valence-electron chi connectivity index (χ0n) is 18.6. The molecule has 0 fully saturated rings. The van der Waals surface area contributed by atoms with Gasteiger partial charge in [0, 0.05) is 31.8 Å². The van der Waals surface area contributed by atoms with Crippen LogP contribution in [0.1, 0.15) is 45.9 Å². The standard InChI is InChI=1S/C25H23FN4O3S/c1-15-21-24(29-19-5-3-2-4-12-30(19)25(21)32)34-22(15)23(31)28-14-16-10-11-27-20(13-16)33-18-8-6-17(26)7-9-18/h6-11,13H,2-5,12,14H2,1H3,(H,28,31). The molecule has 0 spiro atoms. The molecule has 9 heteroatoms. The summed E-state index contributed by atoms with van der Waals surface area (Å²) in [7, 11) is 0. The highest BCUT2D eigenvalue weighted by molar-refractivity contribution is 7.20. The first kappa shape index (κ1) is 22.2. The van der Waals surface area contributed by atoms with Gasteiger partial charge in [-0.2, -0.15) is 0 Å². The Kier molecular flexibility index (Phi) is 6.10. The quantitative estimate of drug-likeness (QED) is 0.447. The van der Waals surface area contributed by atoms with E-state index < -0.39 is 0 Å². The minimum Gasteiger partial charge on any atom is -0.439 e. The summed E-state index contributed by atoms with van der Waals surface area (Å²) in [4.78, 5) is 36.1. The number of carbonyl (C=O) groups excluding carboxylic acids is 1. The fourth-order valence-electron chi connectivity index (χ4n) is 4.13. The number of pyridine rings is 1. The first-order chi connectivity index (χ1) is 16.5. The van der Waals surface area contributed by atoms with Gasteiger partial charge in [-0.05, 0) is 61.2 Å². The lowest BCUT2D eigenvalue weighted by molar-refractivity contribution is 0.0954. The number of carbonyl (C=O) groups is 1. The van der Waals surface area contributed by atoms with Crippen molar-refractivity contribution < 1.29 is 13.9 Å². The van der Waals surface area contributed by atoms with Crippen molar-refractivity contribution in [1.82, 2.24) is 19.9 Å². The number of thiophene rings is 1. The van der Waals surface area contributed by atoms with Crippen LogP contribution < -0.4 is 15.6 Å². The zero-order valence-corrected chi connectivity index (χ0v) is 19.5. The monoisotopic (exact) mass is 478 g/mol. The summed E-state index contributed by atoms with van der Waals surface area (Å²) >= 11 is 1.26. The van der Waals surface area contributed by atoms with Gasteiger partial charge < -0.3 is 10.1 Å². The van der Waals surface area contributed by atoms with E-state index in [1.165, 1.54) is 35.6 Å². The van der Waals surface area contributed by atoms with Gasteiger partial charge >= 0.3 is 0 Å². The minimum absolute atomic E-state index is 0.0496. The number of aromatic nitrogens is 3. The number of hydrogen-bond acceptors (Lipinski definition) is 6. The van der Waals surface area contributed by atoms with Crippen molar-refractivity contribution in [3.8, 4) is 11.6 Å². The van der Waals surface area contributed by atoms with E-state index in [1.807, 2.05) is 6.92 Å². The number of hydrogen-bond donors (Lipinski definition) is 1. The van der Waals surface area contributed by atoms with Gasteiger partial charge in [-0.25, -0.2) is 14.4 Å². The molecule has 7 nitrogen and oxygen atoms in total. The molecule has 4 heterocycles. The number of aryl methyl sites for hydroxylation is 2. The van der Waals surface area contributed by atoms with E-state index in [9.17, 15) is 14.0 Å². The Morgan fingerprint density at radius 3 is 2.85 bits per heavy atom. The van der Waals surface area contributed by atoms with E-state index >= 15 is 0 Å². The second-order valence-electron chi connectivity index (χ2n) is 8.27. The normalized spacial score (nSPS) is 13.4. The molecule has 3 aromatic heterocycles. The average Bonchev–Trinajstić information content (AvgIpc) is 3.00. The van der Waals surface area contributed by atoms with Gasteiger partial charge in [-0.3, -0.25) is 14.2 Å². The van der Waals surface area contributed by atoms with Crippen LogP contribution in [-0.4, -0.2) is 20.4 Å². The maximum atomic E-state index is 13.1. The number of ether oxygens (including phenoxy) is 1. The molecule has 1 aromatic carbocycles. The van der Waals surface area contributed by atoms with Crippen LogP contribution in [0.4, 0.5) is 4.39 Å². The molecule has 0 unspecified atom stereocenters. The molecule has 0 atom stereocenters. The molecule has 0 radical (unpaired) electrons. The lowest BCUT2D eigenvalue weighted by Gasteiger charge is -2.08. The summed E-state index contributed by atoms with van der Waals surface area (Å²) in [5, 5.41) is 3.46. The van der Waals surface area contributed by atoms with E-state index in [-0.39, 0.29) is 23.8 Å². The van der Waals surface area contributed by atoms with E-state index in [4.69, 9.17) is 9.72 Å². The Labute approximate surface area is 199 Å². The van der Waals surface area contributed by atoms with Crippen LogP contribution in [0, 0.1) is 12.7 Å². The maximum absolute atomic E-state index is 13.1. The van der Waals surface area contributed by atoms with Gasteiger partial charge in [0.25, 0.3) is 11.5 Å². The summed E-state index contributed by atoms with van der Waals surface area (Å²) in [5.41, 5.74) is 1.42. The molecule has 0 saturated carbocycles. The lowest BCUT2D eigenvalue weighted by atomic mass is 10.2. The lowest BCUT2D eigenvalue weighted by Crippen LogP contribution is -2.25. The second kappa shape index (κ2) is 9.34. The summed E-state index contributed by atoms with van der Waals surface area (Å²) in [6, 6.07) is 9.15. The van der Waals surface area contributed by atoms with Crippen LogP contribution in [0.15, 0.2) is 47.4 Å². The molecule has 1 N–H and O–H groups in total. The number of fused-ring (bicyclic) bond motifs is 2. The molecule has 5 rings (SSSR count). The van der Waals surface area contributed by atoms with Crippen LogP contribution in [0.5, 0.6) is 11.6 Å². The number of halogens is 1. The summed E-state index contributed by atoms with van der Waals surface area (Å²) in [5.74, 6) is 1.02. The topological polar surface area (TPSA) is 86.1 Å². The van der Waals surface area contributed by atoms with E-state index in [0.29, 0.717) is 38.8 Å². The Morgan fingerprint density at radius 1 is 1.21 bits per heavy atom. The highest BCUT2D eigenvalue weighted by Gasteiger charge is 2.22. The molecule has 1 amide bonds. The van der Waals surface area contributed by atoms with Gasteiger partial charge in [0.05, 0.1) is 10.3 Å². The third kappa shape index (κ3) is 4.43. The van der Waals surface area contributed by atoms with E-state index in [2.05, 4.69) is 10.3 Å². The summed E-state index contributed by atoms with van der Waals surface area (Å²) in [6.45, 7) is 2.75. The number of nitrogens with one attached hydrogen (secondary N) is 1. The fourth-order valence-corrected chi connectivity index (χ4v) is 5.24. The molecule has 0 saturated heterocycles. The van der Waals surface area contributed by atoms with Crippen molar-refractivity contribution in [1.29, 1.82) is 0 Å². The Balaban J connectivity index is 1.33. The van der Waals surface area contributed by atoms with Crippen LogP contribution in [-0.2, 0) is 19.5 Å². The van der Waals surface area contributed by atoms with Crippen LogP contribution in [0.25, 0.3) is 10.2 Å². The first-order valence-electron chi connectivity index (χ1n) is 11.2. The number of benzene rings is 1. The highest BCUT2D eigenvalue weighted by atomic mass is 32.1. The van der Waals surface area contributed by atoms with E-state index in [1.54, 1.807) is 22.9 Å². The van der Waals surface area contributed by atoms with Gasteiger partial charge in [0.1, 0.15) is 22.2 Å². The number of nitrogens with zero attached hydrogens (tertiary/aromatic N) is 3. The van der Waals surface area contributed by atoms with Crippen LogP contribution >= 0.6 is 11.3 Å². The van der Waals surface area contributed by atoms with Crippen molar-refractivity contribution in [2.24, 2.45) is 0 Å². The molecule has 0 bridgehead atoms. The Morgan fingerprint density at radius 2 is 2.03 bits per heavy atom. The second-order valence-corrected chi connectivity index (χ2v) is 9.27. The van der Waals surface area contributed by atoms with Crippen molar-refractivity contribution in [2.75, 3.05) is 0 Å². The van der Waals surface area contributed by atoms with Gasteiger partial charge in [0.2, 0.25) is 5.88 Å². The predicted molar refractivity (Wildman–Crippen MR) is 128 cm³/mol. The Hall–Kier alpha value is -3.59. The average molecular weight is 479 g/mol. The molecule has 1 aliphatic heterocycles. The minimum atomic E-state index is -0.345. The fraction of sp³-hybridized carbons (Fsp3) is 0.280. The highest BCUT2D eigenvalue weighted by Crippen LogP contribution is 2.28. The maximum Gasteiger partial charge on any atom is 0.262 e. The summed E-state index contributed by atoms with van der Waals surface area (Å²) in [6.07, 6.45) is 5.45. The van der Waals surface area contributed by atoms with Crippen molar-refractivity contribution >= 4 is 27.5 Å².